The Balaban J connectivity index is 0.00000144. The number of aromatic nitrogens is 1. The Kier molecular flexibility index (Phi) is 4.45. The van der Waals surface area contributed by atoms with Gasteiger partial charge in [-0.15, -0.1) is 23.7 Å². The average molecular weight is 294 g/mol. The molecule has 0 fully saturated rings. The predicted octanol–water partition coefficient (Wildman–Crippen LogP) is 0.735. The van der Waals surface area contributed by atoms with Gasteiger partial charge in [-0.3, -0.25) is 0 Å². The van der Waals surface area contributed by atoms with E-state index in [9.17, 15) is 8.42 Å². The number of rotatable bonds is 3. The van der Waals surface area contributed by atoms with E-state index in [4.69, 9.17) is 11.5 Å². The molecule has 0 radical (unpaired) electrons. The van der Waals surface area contributed by atoms with Crippen LogP contribution in [0.4, 0.5) is 0 Å². The monoisotopic (exact) mass is 293 g/mol. The number of halogens is 1. The Morgan fingerprint density at radius 2 is 2.12 bits per heavy atom. The molecule has 17 heavy (non-hydrogen) atoms. The Morgan fingerprint density at radius 1 is 1.41 bits per heavy atom. The number of sulfone groups is 1. The van der Waals surface area contributed by atoms with Crippen molar-refractivity contribution in [3.63, 3.8) is 0 Å². The van der Waals surface area contributed by atoms with Crippen molar-refractivity contribution in [2.24, 2.45) is 11.5 Å². The molecule has 2 aromatic rings. The molecule has 1 atom stereocenters. The van der Waals surface area contributed by atoms with Crippen LogP contribution < -0.4 is 11.5 Å². The third-order valence-electron chi connectivity index (χ3n) is 2.26. The Bertz CT molecular complexity index is 611. The molecule has 94 valence electrons. The minimum Gasteiger partial charge on any atom is -0.328 e. The fraction of sp³-hybridized carbons (Fsp3) is 0.222. The van der Waals surface area contributed by atoms with Crippen LogP contribution in [0.15, 0.2) is 28.6 Å². The highest BCUT2D eigenvalue weighted by Gasteiger charge is 2.25. The summed E-state index contributed by atoms with van der Waals surface area (Å²) in [5.41, 5.74) is 13.1. The van der Waals surface area contributed by atoms with Crippen LogP contribution in [0.2, 0.25) is 0 Å². The topological polar surface area (TPSA) is 99.1 Å². The highest BCUT2D eigenvalue weighted by atomic mass is 35.5. The van der Waals surface area contributed by atoms with Gasteiger partial charge in [-0.2, -0.15) is 0 Å². The van der Waals surface area contributed by atoms with Crippen molar-refractivity contribution in [2.75, 3.05) is 6.54 Å². The lowest BCUT2D eigenvalue weighted by molar-refractivity contribution is 0.582. The first-order valence-corrected chi connectivity index (χ1v) is 7.01. The van der Waals surface area contributed by atoms with Crippen LogP contribution in [0.25, 0.3) is 10.2 Å². The molecule has 2 rings (SSSR count). The zero-order valence-electron chi connectivity index (χ0n) is 8.74. The minimum absolute atomic E-state index is 0. The smallest absolute Gasteiger partial charge is 0.196 e. The van der Waals surface area contributed by atoms with Gasteiger partial charge < -0.3 is 11.5 Å². The lowest BCUT2D eigenvalue weighted by Gasteiger charge is -2.10. The summed E-state index contributed by atoms with van der Waals surface area (Å²) in [5, 5.41) is -1.07. The van der Waals surface area contributed by atoms with Crippen molar-refractivity contribution < 1.29 is 8.42 Å². The molecule has 0 saturated heterocycles. The normalized spacial score (nSPS) is 13.3. The highest BCUT2D eigenvalue weighted by Crippen LogP contribution is 2.27. The summed E-state index contributed by atoms with van der Waals surface area (Å²) in [6, 6.07) is 4.95. The largest absolute Gasteiger partial charge is 0.328 e. The second-order valence-corrected chi connectivity index (χ2v) is 6.27. The molecule has 8 heteroatoms. The summed E-state index contributed by atoms with van der Waals surface area (Å²) in [6.07, 6.45) is 0. The SMILES string of the molecule is Cl.NCC(N)S(=O)(=O)c1cccc2ncsc12. The third-order valence-corrected chi connectivity index (χ3v) is 5.21. The maximum Gasteiger partial charge on any atom is 0.196 e. The number of benzene rings is 1. The highest BCUT2D eigenvalue weighted by molar-refractivity contribution is 7.92. The summed E-state index contributed by atoms with van der Waals surface area (Å²) < 4.78 is 24.7. The maximum absolute atomic E-state index is 12.0. The maximum atomic E-state index is 12.0. The van der Waals surface area contributed by atoms with Crippen molar-refractivity contribution in [2.45, 2.75) is 10.3 Å². The average Bonchev–Trinajstić information content (AvgIpc) is 2.75. The van der Waals surface area contributed by atoms with Crippen molar-refractivity contribution in [3.05, 3.63) is 23.7 Å². The van der Waals surface area contributed by atoms with Gasteiger partial charge in [0.25, 0.3) is 0 Å². The number of fused-ring (bicyclic) bond motifs is 1. The van der Waals surface area contributed by atoms with Crippen LogP contribution in [-0.2, 0) is 9.84 Å². The van der Waals surface area contributed by atoms with Gasteiger partial charge in [0.15, 0.2) is 9.84 Å². The van der Waals surface area contributed by atoms with Crippen LogP contribution in [0.1, 0.15) is 0 Å². The molecule has 1 heterocycles. The Labute approximate surface area is 109 Å². The number of thiazole rings is 1. The second kappa shape index (κ2) is 5.28. The quantitative estimate of drug-likeness (QED) is 0.869. The lowest BCUT2D eigenvalue weighted by atomic mass is 10.3. The first-order valence-electron chi connectivity index (χ1n) is 4.59. The van der Waals surface area contributed by atoms with E-state index < -0.39 is 15.2 Å². The molecule has 0 amide bonds. The van der Waals surface area contributed by atoms with E-state index in [-0.39, 0.29) is 23.8 Å². The van der Waals surface area contributed by atoms with Gasteiger partial charge in [0, 0.05) is 6.54 Å². The first kappa shape index (κ1) is 14.3. The van der Waals surface area contributed by atoms with Gasteiger partial charge in [-0.25, -0.2) is 13.4 Å². The summed E-state index contributed by atoms with van der Waals surface area (Å²) in [7, 11) is -3.56. The Morgan fingerprint density at radius 3 is 2.76 bits per heavy atom. The standard InChI is InChI=1S/C9H11N3O2S2.ClH/c10-4-8(11)16(13,14)7-3-1-2-6-9(7)15-5-12-6;/h1-3,5,8H,4,10-11H2;1H. The molecule has 4 N–H and O–H groups in total. The molecule has 0 aliphatic heterocycles. The van der Waals surface area contributed by atoms with Gasteiger partial charge in [0.1, 0.15) is 5.37 Å². The van der Waals surface area contributed by atoms with Gasteiger partial charge in [0.2, 0.25) is 0 Å². The molecular formula is C9H12ClN3O2S2. The molecule has 1 aromatic carbocycles. The number of nitrogens with two attached hydrogens (primary N) is 2. The molecule has 0 spiro atoms. The van der Waals surface area contributed by atoms with E-state index in [1.54, 1.807) is 17.6 Å². The molecule has 5 nitrogen and oxygen atoms in total. The molecule has 0 saturated carbocycles. The van der Waals surface area contributed by atoms with Crippen molar-refractivity contribution in [3.8, 4) is 0 Å². The summed E-state index contributed by atoms with van der Waals surface area (Å²) in [4.78, 5) is 4.27. The van der Waals surface area contributed by atoms with E-state index in [0.29, 0.717) is 10.2 Å². The molecular weight excluding hydrogens is 282 g/mol. The zero-order valence-corrected chi connectivity index (χ0v) is 11.2. The van der Waals surface area contributed by atoms with Crippen molar-refractivity contribution in [1.29, 1.82) is 0 Å². The predicted molar refractivity (Wildman–Crippen MR) is 71.1 cm³/mol. The molecule has 0 bridgehead atoms. The number of hydrogen-bond donors (Lipinski definition) is 2. The van der Waals surface area contributed by atoms with Gasteiger partial charge >= 0.3 is 0 Å². The summed E-state index contributed by atoms with van der Waals surface area (Å²) in [5.74, 6) is 0. The van der Waals surface area contributed by atoms with Crippen LogP contribution in [0.5, 0.6) is 0 Å². The van der Waals surface area contributed by atoms with Crippen molar-refractivity contribution in [1.82, 2.24) is 4.98 Å². The fourth-order valence-corrected chi connectivity index (χ4v) is 3.77. The fourth-order valence-electron chi connectivity index (χ4n) is 1.37. The van der Waals surface area contributed by atoms with Crippen LogP contribution in [0.3, 0.4) is 0 Å². The summed E-state index contributed by atoms with van der Waals surface area (Å²) >= 11 is 1.28. The summed E-state index contributed by atoms with van der Waals surface area (Å²) in [6.45, 7) is -0.0997. The van der Waals surface area contributed by atoms with Gasteiger partial charge in [-0.05, 0) is 12.1 Å². The third kappa shape index (κ3) is 2.43. The van der Waals surface area contributed by atoms with Gasteiger partial charge in [-0.1, -0.05) is 6.07 Å². The molecule has 1 unspecified atom stereocenters. The van der Waals surface area contributed by atoms with Gasteiger partial charge in [0.05, 0.1) is 20.6 Å². The number of hydrogen-bond acceptors (Lipinski definition) is 6. The van der Waals surface area contributed by atoms with Crippen LogP contribution >= 0.6 is 23.7 Å². The molecule has 1 aromatic heterocycles. The second-order valence-electron chi connectivity index (χ2n) is 3.28. The lowest BCUT2D eigenvalue weighted by Crippen LogP contribution is -2.37. The Hall–Kier alpha value is -0.730. The number of nitrogens with zero attached hydrogens (tertiary/aromatic N) is 1. The first-order chi connectivity index (χ1) is 7.57. The van der Waals surface area contributed by atoms with Crippen molar-refractivity contribution >= 4 is 43.8 Å². The molecule has 0 aliphatic rings. The van der Waals surface area contributed by atoms with E-state index in [2.05, 4.69) is 4.98 Å². The van der Waals surface area contributed by atoms with E-state index >= 15 is 0 Å². The minimum atomic E-state index is -3.56. The van der Waals surface area contributed by atoms with Crippen LogP contribution in [-0.4, -0.2) is 25.3 Å². The van der Waals surface area contributed by atoms with E-state index in [1.165, 1.54) is 17.4 Å². The van der Waals surface area contributed by atoms with E-state index in [1.807, 2.05) is 0 Å². The van der Waals surface area contributed by atoms with Crippen LogP contribution in [0, 0.1) is 0 Å². The zero-order chi connectivity index (χ0) is 11.8. The van der Waals surface area contributed by atoms with E-state index in [0.717, 1.165) is 0 Å². The molecule has 0 aliphatic carbocycles.